The normalized spacial score (nSPS) is 12.2. The van der Waals surface area contributed by atoms with E-state index in [-0.39, 0.29) is 6.10 Å². The molecule has 0 spiro atoms. The summed E-state index contributed by atoms with van der Waals surface area (Å²) in [6.07, 6.45) is 1.23. The fraction of sp³-hybridized carbons (Fsp3) is 0.438. The van der Waals surface area contributed by atoms with Crippen molar-refractivity contribution >= 4 is 21.6 Å². The minimum atomic E-state index is 0.231. The smallest absolute Gasteiger partial charge is 0.121 e. The third-order valence-electron chi connectivity index (χ3n) is 3.47. The summed E-state index contributed by atoms with van der Waals surface area (Å²) in [5, 5.41) is 7.81. The van der Waals surface area contributed by atoms with Gasteiger partial charge in [-0.05, 0) is 48.3 Å². The van der Waals surface area contributed by atoms with E-state index in [4.69, 9.17) is 4.74 Å². The summed E-state index contributed by atoms with van der Waals surface area (Å²) < 4.78 is 8.80. The van der Waals surface area contributed by atoms with Crippen LogP contribution in [0.1, 0.15) is 31.7 Å². The van der Waals surface area contributed by atoms with E-state index in [0.29, 0.717) is 6.54 Å². The van der Waals surface area contributed by atoms with Crippen molar-refractivity contribution in [2.45, 2.75) is 39.8 Å². The number of hydrogen-bond donors (Lipinski definition) is 1. The summed E-state index contributed by atoms with van der Waals surface area (Å²) in [4.78, 5) is 0. The Labute approximate surface area is 134 Å². The highest BCUT2D eigenvalue weighted by Gasteiger charge is 2.10. The number of aryl methyl sites for hydroxylation is 2. The monoisotopic (exact) mass is 351 g/mol. The van der Waals surface area contributed by atoms with Crippen molar-refractivity contribution in [1.82, 2.24) is 9.78 Å². The van der Waals surface area contributed by atoms with Gasteiger partial charge in [-0.25, -0.2) is 0 Å². The summed E-state index contributed by atoms with van der Waals surface area (Å²) in [6, 6.07) is 8.06. The molecule has 21 heavy (non-hydrogen) atoms. The average Bonchev–Trinajstić information content (AvgIpc) is 2.70. The molecule has 1 N–H and O–H groups in total. The van der Waals surface area contributed by atoms with Gasteiger partial charge in [0.25, 0.3) is 0 Å². The van der Waals surface area contributed by atoms with E-state index in [1.165, 1.54) is 0 Å². The van der Waals surface area contributed by atoms with Gasteiger partial charge < -0.3 is 10.1 Å². The molecular formula is C16H22BrN3O. The first kappa shape index (κ1) is 15.9. The predicted molar refractivity (Wildman–Crippen MR) is 89.8 cm³/mol. The molecule has 5 heteroatoms. The Bertz CT molecular complexity index is 610. The van der Waals surface area contributed by atoms with E-state index in [1.54, 1.807) is 0 Å². The number of benzene rings is 1. The van der Waals surface area contributed by atoms with Crippen LogP contribution in [0.15, 0.2) is 28.7 Å². The van der Waals surface area contributed by atoms with Gasteiger partial charge in [0.05, 0.1) is 28.5 Å². The van der Waals surface area contributed by atoms with Crippen LogP contribution in [-0.4, -0.2) is 15.9 Å². The molecule has 1 heterocycles. The number of anilines is 1. The number of nitrogens with zero attached hydrogens (tertiary/aromatic N) is 2. The van der Waals surface area contributed by atoms with Gasteiger partial charge in [-0.1, -0.05) is 13.0 Å². The number of hydrogen-bond acceptors (Lipinski definition) is 3. The fourth-order valence-corrected chi connectivity index (χ4v) is 2.53. The van der Waals surface area contributed by atoms with Crippen molar-refractivity contribution in [1.29, 1.82) is 0 Å². The van der Waals surface area contributed by atoms with Gasteiger partial charge in [0.1, 0.15) is 5.75 Å². The van der Waals surface area contributed by atoms with Crippen LogP contribution < -0.4 is 10.1 Å². The van der Waals surface area contributed by atoms with Crippen molar-refractivity contribution in [3.05, 3.63) is 40.1 Å². The minimum absolute atomic E-state index is 0.231. The van der Waals surface area contributed by atoms with E-state index in [1.807, 2.05) is 42.9 Å². The zero-order valence-electron chi connectivity index (χ0n) is 13.0. The quantitative estimate of drug-likeness (QED) is 0.843. The van der Waals surface area contributed by atoms with Gasteiger partial charge in [0, 0.05) is 18.8 Å². The molecule has 0 saturated carbocycles. The third-order valence-corrected chi connectivity index (χ3v) is 4.50. The molecular weight excluding hydrogens is 330 g/mol. The molecule has 1 unspecified atom stereocenters. The molecule has 1 aromatic heterocycles. The maximum absolute atomic E-state index is 5.84. The second kappa shape index (κ2) is 6.98. The average molecular weight is 352 g/mol. The Morgan fingerprint density at radius 3 is 2.81 bits per heavy atom. The summed E-state index contributed by atoms with van der Waals surface area (Å²) in [5.41, 5.74) is 3.17. The van der Waals surface area contributed by atoms with E-state index in [0.717, 1.165) is 33.7 Å². The molecule has 2 aromatic rings. The lowest BCUT2D eigenvalue weighted by atomic mass is 10.2. The van der Waals surface area contributed by atoms with Crippen LogP contribution in [0.5, 0.6) is 5.75 Å². The molecule has 1 aromatic carbocycles. The van der Waals surface area contributed by atoms with Crippen molar-refractivity contribution in [2.24, 2.45) is 7.05 Å². The lowest BCUT2D eigenvalue weighted by Crippen LogP contribution is -2.10. The molecule has 114 valence electrons. The third kappa shape index (κ3) is 4.00. The first-order chi connectivity index (χ1) is 10.0. The second-order valence-corrected chi connectivity index (χ2v) is 5.98. The summed E-state index contributed by atoms with van der Waals surface area (Å²) >= 11 is 3.58. The first-order valence-corrected chi connectivity index (χ1v) is 7.99. The van der Waals surface area contributed by atoms with Crippen molar-refractivity contribution in [3.63, 3.8) is 0 Å². The van der Waals surface area contributed by atoms with E-state index < -0.39 is 0 Å². The predicted octanol–water partition coefficient (Wildman–Crippen LogP) is 4.28. The Hall–Kier alpha value is -1.49. The maximum atomic E-state index is 5.84. The fourth-order valence-electron chi connectivity index (χ4n) is 2.05. The van der Waals surface area contributed by atoms with Crippen LogP contribution in [0.25, 0.3) is 0 Å². The highest BCUT2D eigenvalue weighted by Crippen LogP contribution is 2.23. The standard InChI is InChI=1S/C16H22BrN3O/c1-5-11(2)21-14-8-6-7-13(9-14)18-10-15-16(17)12(3)19-20(15)4/h6-9,11,18H,5,10H2,1-4H3. The number of ether oxygens (including phenoxy) is 1. The highest BCUT2D eigenvalue weighted by atomic mass is 79.9. The largest absolute Gasteiger partial charge is 0.491 e. The van der Waals surface area contributed by atoms with E-state index in [9.17, 15) is 0 Å². The molecule has 0 radical (unpaired) electrons. The summed E-state index contributed by atoms with van der Waals surface area (Å²) in [7, 11) is 1.96. The van der Waals surface area contributed by atoms with Gasteiger partial charge in [-0.3, -0.25) is 4.68 Å². The lowest BCUT2D eigenvalue weighted by molar-refractivity contribution is 0.217. The highest BCUT2D eigenvalue weighted by molar-refractivity contribution is 9.10. The van der Waals surface area contributed by atoms with Gasteiger partial charge >= 0.3 is 0 Å². The first-order valence-electron chi connectivity index (χ1n) is 7.19. The molecule has 0 fully saturated rings. The van der Waals surface area contributed by atoms with Crippen LogP contribution >= 0.6 is 15.9 Å². The van der Waals surface area contributed by atoms with Crippen molar-refractivity contribution < 1.29 is 4.74 Å². The molecule has 0 aliphatic rings. The topological polar surface area (TPSA) is 39.1 Å². The zero-order valence-corrected chi connectivity index (χ0v) is 14.6. The molecule has 0 amide bonds. The summed E-state index contributed by atoms with van der Waals surface area (Å²) in [5.74, 6) is 0.898. The van der Waals surface area contributed by atoms with Gasteiger partial charge in [0.2, 0.25) is 0 Å². The molecule has 4 nitrogen and oxygen atoms in total. The number of rotatable bonds is 6. The molecule has 0 bridgehead atoms. The Morgan fingerprint density at radius 2 is 2.19 bits per heavy atom. The van der Waals surface area contributed by atoms with E-state index >= 15 is 0 Å². The zero-order chi connectivity index (χ0) is 15.4. The van der Waals surface area contributed by atoms with Gasteiger partial charge in [-0.15, -0.1) is 0 Å². The molecule has 0 aliphatic heterocycles. The molecule has 0 aliphatic carbocycles. The second-order valence-electron chi connectivity index (χ2n) is 5.19. The number of halogens is 1. The minimum Gasteiger partial charge on any atom is -0.491 e. The Balaban J connectivity index is 2.05. The van der Waals surface area contributed by atoms with E-state index in [2.05, 4.69) is 40.2 Å². The SMILES string of the molecule is CCC(C)Oc1cccc(NCc2c(Br)c(C)nn2C)c1. The lowest BCUT2D eigenvalue weighted by Gasteiger charge is -2.14. The Morgan fingerprint density at radius 1 is 1.43 bits per heavy atom. The number of aromatic nitrogens is 2. The molecule has 2 rings (SSSR count). The van der Waals surface area contributed by atoms with Crippen LogP contribution in [-0.2, 0) is 13.6 Å². The maximum Gasteiger partial charge on any atom is 0.121 e. The molecule has 0 saturated heterocycles. The van der Waals surface area contributed by atoms with Crippen LogP contribution in [0.4, 0.5) is 5.69 Å². The summed E-state index contributed by atoms with van der Waals surface area (Å²) in [6.45, 7) is 6.91. The number of nitrogens with one attached hydrogen (secondary N) is 1. The van der Waals surface area contributed by atoms with Crippen LogP contribution in [0.3, 0.4) is 0 Å². The van der Waals surface area contributed by atoms with Gasteiger partial charge in [-0.2, -0.15) is 5.10 Å². The van der Waals surface area contributed by atoms with Crippen molar-refractivity contribution in [2.75, 3.05) is 5.32 Å². The van der Waals surface area contributed by atoms with Crippen LogP contribution in [0.2, 0.25) is 0 Å². The molecule has 1 atom stereocenters. The van der Waals surface area contributed by atoms with Gasteiger partial charge in [0.15, 0.2) is 0 Å². The van der Waals surface area contributed by atoms with Crippen molar-refractivity contribution in [3.8, 4) is 5.75 Å². The Kier molecular flexibility index (Phi) is 5.28. The van der Waals surface area contributed by atoms with Crippen LogP contribution in [0, 0.1) is 6.92 Å².